The van der Waals surface area contributed by atoms with Gasteiger partial charge in [0.15, 0.2) is 0 Å². The molecule has 1 N–H and O–H groups in total. The first-order valence-electron chi connectivity index (χ1n) is 7.43. The third kappa shape index (κ3) is 2.26. The molecule has 1 aliphatic rings. The van der Waals surface area contributed by atoms with Crippen LogP contribution >= 0.6 is 0 Å². The van der Waals surface area contributed by atoms with Crippen LogP contribution in [0.25, 0.3) is 11.0 Å². The summed E-state index contributed by atoms with van der Waals surface area (Å²) >= 11 is 0. The van der Waals surface area contributed by atoms with E-state index in [4.69, 9.17) is 0 Å². The van der Waals surface area contributed by atoms with Crippen LogP contribution in [-0.4, -0.2) is 32.8 Å². The van der Waals surface area contributed by atoms with Gasteiger partial charge < -0.3 is 9.88 Å². The summed E-state index contributed by atoms with van der Waals surface area (Å²) in [4.78, 5) is 21.9. The van der Waals surface area contributed by atoms with Gasteiger partial charge in [-0.2, -0.15) is 5.10 Å². The minimum Gasteiger partial charge on any atom is -0.342 e. The van der Waals surface area contributed by atoms with E-state index in [1.165, 1.54) is 0 Å². The van der Waals surface area contributed by atoms with Gasteiger partial charge in [-0.1, -0.05) is 12.1 Å². The van der Waals surface area contributed by atoms with Crippen LogP contribution in [-0.2, 0) is 6.54 Å². The Kier molecular flexibility index (Phi) is 2.96. The van der Waals surface area contributed by atoms with Crippen LogP contribution in [0.2, 0.25) is 0 Å². The second kappa shape index (κ2) is 4.98. The number of H-pyrrole nitrogens is 1. The number of nitrogens with zero attached hydrogens (tertiary/aromatic N) is 4. The normalized spacial score (nSPS) is 15.2. The van der Waals surface area contributed by atoms with E-state index in [0.717, 1.165) is 35.8 Å². The van der Waals surface area contributed by atoms with Crippen molar-refractivity contribution in [1.82, 2.24) is 19.7 Å². The van der Waals surface area contributed by atoms with Crippen LogP contribution in [0.3, 0.4) is 0 Å². The number of nitrogens with one attached hydrogen (secondary N) is 1. The van der Waals surface area contributed by atoms with Crippen molar-refractivity contribution in [2.75, 3.05) is 18.0 Å². The van der Waals surface area contributed by atoms with Gasteiger partial charge in [-0.25, -0.2) is 9.67 Å². The molecule has 0 aliphatic carbocycles. The van der Waals surface area contributed by atoms with Gasteiger partial charge in [-0.05, 0) is 25.1 Å². The van der Waals surface area contributed by atoms with Gasteiger partial charge in [0, 0.05) is 25.1 Å². The number of para-hydroxylation sites is 2. The number of benzene rings is 1. The molecule has 0 spiro atoms. The fourth-order valence-corrected chi connectivity index (χ4v) is 2.87. The smallest absolute Gasteiger partial charge is 0.266 e. The van der Waals surface area contributed by atoms with Crippen LogP contribution < -0.4 is 10.5 Å². The molecule has 3 heterocycles. The number of aryl methyl sites for hydroxylation is 1. The highest BCUT2D eigenvalue weighted by Crippen LogP contribution is 2.25. The number of aromatic amines is 1. The third-order valence-electron chi connectivity index (χ3n) is 4.06. The molecule has 0 atom stereocenters. The topological polar surface area (TPSA) is 66.8 Å². The fourth-order valence-electron chi connectivity index (χ4n) is 2.87. The van der Waals surface area contributed by atoms with E-state index in [2.05, 4.69) is 20.0 Å². The van der Waals surface area contributed by atoms with E-state index in [9.17, 15) is 4.79 Å². The first kappa shape index (κ1) is 13.1. The molecular formula is C16H17N5O. The second-order valence-corrected chi connectivity index (χ2v) is 5.84. The maximum Gasteiger partial charge on any atom is 0.266 e. The molecule has 112 valence electrons. The molecule has 3 aromatic rings. The Balaban J connectivity index is 1.45. The van der Waals surface area contributed by atoms with Crippen molar-refractivity contribution in [2.45, 2.75) is 13.5 Å². The van der Waals surface area contributed by atoms with Gasteiger partial charge in [0.2, 0.25) is 5.95 Å². The van der Waals surface area contributed by atoms with E-state index in [0.29, 0.717) is 12.5 Å². The number of hydrogen-bond acceptors (Lipinski definition) is 4. The lowest BCUT2D eigenvalue weighted by Gasteiger charge is -2.39. The molecule has 22 heavy (non-hydrogen) atoms. The molecule has 6 heteroatoms. The van der Waals surface area contributed by atoms with E-state index in [-0.39, 0.29) is 5.56 Å². The summed E-state index contributed by atoms with van der Waals surface area (Å²) in [6, 6.07) is 11.3. The standard InChI is InChI=1S/C16H17N5O/c1-11-6-7-15(22)21(19-11)10-12-8-20(9-12)16-17-13-4-2-3-5-14(13)18-16/h2-7,12H,8-10H2,1H3,(H,17,18). The number of imidazole rings is 1. The van der Waals surface area contributed by atoms with E-state index in [1.54, 1.807) is 16.8 Å². The Labute approximate surface area is 127 Å². The summed E-state index contributed by atoms with van der Waals surface area (Å²) in [6.07, 6.45) is 0. The highest BCUT2D eigenvalue weighted by Gasteiger charge is 2.29. The third-order valence-corrected chi connectivity index (χ3v) is 4.06. The number of fused-ring (bicyclic) bond motifs is 1. The van der Waals surface area contributed by atoms with Gasteiger partial charge in [0.1, 0.15) is 0 Å². The molecule has 0 saturated carbocycles. The molecule has 0 bridgehead atoms. The zero-order chi connectivity index (χ0) is 15.1. The van der Waals surface area contributed by atoms with Gasteiger partial charge >= 0.3 is 0 Å². The summed E-state index contributed by atoms with van der Waals surface area (Å²) in [5, 5.41) is 4.29. The van der Waals surface area contributed by atoms with Crippen molar-refractivity contribution < 1.29 is 0 Å². The molecule has 4 rings (SSSR count). The van der Waals surface area contributed by atoms with Crippen LogP contribution in [0.1, 0.15) is 5.69 Å². The lowest BCUT2D eigenvalue weighted by atomic mass is 10.0. The molecule has 2 aromatic heterocycles. The lowest BCUT2D eigenvalue weighted by Crippen LogP contribution is -2.50. The second-order valence-electron chi connectivity index (χ2n) is 5.84. The van der Waals surface area contributed by atoms with Crippen molar-refractivity contribution in [3.05, 3.63) is 52.4 Å². The summed E-state index contributed by atoms with van der Waals surface area (Å²) < 4.78 is 1.57. The molecule has 1 saturated heterocycles. The largest absolute Gasteiger partial charge is 0.342 e. The van der Waals surface area contributed by atoms with Crippen molar-refractivity contribution in [3.8, 4) is 0 Å². The number of hydrogen-bond donors (Lipinski definition) is 1. The summed E-state index contributed by atoms with van der Waals surface area (Å²) in [5.74, 6) is 1.34. The lowest BCUT2D eigenvalue weighted by molar-refractivity contribution is 0.330. The average molecular weight is 295 g/mol. The Morgan fingerprint density at radius 2 is 2.05 bits per heavy atom. The van der Waals surface area contributed by atoms with Crippen molar-refractivity contribution in [2.24, 2.45) is 5.92 Å². The molecule has 1 aromatic carbocycles. The Hall–Kier alpha value is -2.63. The SMILES string of the molecule is Cc1ccc(=O)n(CC2CN(c3nc4ccccc4[nH]3)C2)n1. The van der Waals surface area contributed by atoms with Crippen molar-refractivity contribution >= 4 is 17.0 Å². The Bertz CT molecular complexity index is 842. The number of anilines is 1. The number of rotatable bonds is 3. The van der Waals surface area contributed by atoms with Crippen molar-refractivity contribution in [1.29, 1.82) is 0 Å². The van der Waals surface area contributed by atoms with Gasteiger partial charge in [-0.15, -0.1) is 0 Å². The maximum atomic E-state index is 11.8. The predicted molar refractivity (Wildman–Crippen MR) is 85.0 cm³/mol. The van der Waals surface area contributed by atoms with Crippen LogP contribution in [0.15, 0.2) is 41.2 Å². The van der Waals surface area contributed by atoms with Gasteiger partial charge in [-0.3, -0.25) is 4.79 Å². The molecule has 1 fully saturated rings. The van der Waals surface area contributed by atoms with Gasteiger partial charge in [0.25, 0.3) is 5.56 Å². The highest BCUT2D eigenvalue weighted by atomic mass is 16.1. The molecular weight excluding hydrogens is 278 g/mol. The minimum absolute atomic E-state index is 0.0345. The molecule has 0 amide bonds. The first-order chi connectivity index (χ1) is 10.7. The summed E-state index contributed by atoms with van der Waals surface area (Å²) in [5.41, 5.74) is 2.87. The monoisotopic (exact) mass is 295 g/mol. The summed E-state index contributed by atoms with van der Waals surface area (Å²) in [7, 11) is 0. The Morgan fingerprint density at radius 1 is 1.23 bits per heavy atom. The minimum atomic E-state index is -0.0345. The first-order valence-corrected chi connectivity index (χ1v) is 7.43. The zero-order valence-corrected chi connectivity index (χ0v) is 12.4. The fraction of sp³-hybridized carbons (Fsp3) is 0.312. The van der Waals surface area contributed by atoms with Crippen LogP contribution in [0.5, 0.6) is 0 Å². The van der Waals surface area contributed by atoms with E-state index < -0.39 is 0 Å². The van der Waals surface area contributed by atoms with Crippen LogP contribution in [0.4, 0.5) is 5.95 Å². The molecule has 0 unspecified atom stereocenters. The van der Waals surface area contributed by atoms with E-state index >= 15 is 0 Å². The predicted octanol–water partition coefficient (Wildman–Crippen LogP) is 1.56. The maximum absolute atomic E-state index is 11.8. The van der Waals surface area contributed by atoms with Crippen molar-refractivity contribution in [3.63, 3.8) is 0 Å². The number of aromatic nitrogens is 4. The highest BCUT2D eigenvalue weighted by molar-refractivity contribution is 5.77. The Morgan fingerprint density at radius 3 is 2.86 bits per heavy atom. The summed E-state index contributed by atoms with van der Waals surface area (Å²) in [6.45, 7) is 4.35. The zero-order valence-electron chi connectivity index (χ0n) is 12.4. The van der Waals surface area contributed by atoms with E-state index in [1.807, 2.05) is 31.2 Å². The molecule has 0 radical (unpaired) electrons. The van der Waals surface area contributed by atoms with Gasteiger partial charge in [0.05, 0.1) is 23.3 Å². The van der Waals surface area contributed by atoms with Crippen LogP contribution in [0, 0.1) is 12.8 Å². The quantitative estimate of drug-likeness (QED) is 0.796. The molecule has 6 nitrogen and oxygen atoms in total. The average Bonchev–Trinajstić information content (AvgIpc) is 2.89. The molecule has 1 aliphatic heterocycles.